The molecule has 0 radical (unpaired) electrons. The first-order valence-corrected chi connectivity index (χ1v) is 9.58. The molecule has 30 heavy (non-hydrogen) atoms. The Morgan fingerprint density at radius 3 is 0.833 bits per heavy atom. The number of rotatable bonds is 7. The Hall–Kier alpha value is -3.92. The van der Waals surface area contributed by atoms with Crippen LogP contribution in [0.2, 0.25) is 0 Å². The molecule has 0 saturated carbocycles. The highest BCUT2D eigenvalue weighted by molar-refractivity contribution is 5.65. The fourth-order valence-electron chi connectivity index (χ4n) is 2.99. The lowest BCUT2D eigenvalue weighted by molar-refractivity contribution is 0.412. The number of ether oxygens (including phenoxy) is 4. The smallest absolute Gasteiger partial charge is 0.127 e. The van der Waals surface area contributed by atoms with Crippen molar-refractivity contribution in [1.29, 1.82) is 0 Å². The summed E-state index contributed by atoms with van der Waals surface area (Å²) in [7, 11) is 3.29. The van der Waals surface area contributed by atoms with Gasteiger partial charge in [-0.1, -0.05) is 24.3 Å². The number of methoxy groups -OCH3 is 2. The summed E-state index contributed by atoms with van der Waals surface area (Å²) in [6, 6.07) is 31.0. The van der Waals surface area contributed by atoms with Crippen LogP contribution in [-0.2, 0) is 0 Å². The van der Waals surface area contributed by atoms with Crippen LogP contribution >= 0.6 is 0 Å². The van der Waals surface area contributed by atoms with Crippen LogP contribution in [0, 0.1) is 0 Å². The molecule has 4 rings (SSSR count). The third-order valence-corrected chi connectivity index (χ3v) is 4.63. The van der Waals surface area contributed by atoms with Gasteiger partial charge in [-0.25, -0.2) is 0 Å². The molecule has 0 unspecified atom stereocenters. The minimum Gasteiger partial charge on any atom is -0.497 e. The van der Waals surface area contributed by atoms with Crippen molar-refractivity contribution in [3.8, 4) is 45.6 Å². The lowest BCUT2D eigenvalue weighted by Gasteiger charge is -2.09. The van der Waals surface area contributed by atoms with Gasteiger partial charge in [-0.3, -0.25) is 0 Å². The van der Waals surface area contributed by atoms with Crippen molar-refractivity contribution in [2.24, 2.45) is 0 Å². The summed E-state index contributed by atoms with van der Waals surface area (Å²) in [5.41, 5.74) is 2.21. The standard InChI is InChI=1S/C26H22O4/c1-27-21-11-15-25(16-12-21)29-23-7-3-19(4-8-23)20-5-9-24(10-6-20)30-26-17-13-22(28-2)14-18-26/h3-18H,1-2H3. The number of benzene rings is 4. The van der Waals surface area contributed by atoms with Crippen LogP contribution in [0.15, 0.2) is 97.1 Å². The third-order valence-electron chi connectivity index (χ3n) is 4.63. The van der Waals surface area contributed by atoms with E-state index in [9.17, 15) is 0 Å². The second-order valence-electron chi connectivity index (χ2n) is 6.60. The summed E-state index contributed by atoms with van der Waals surface area (Å²) in [4.78, 5) is 0. The van der Waals surface area contributed by atoms with Crippen LogP contribution < -0.4 is 18.9 Å². The predicted molar refractivity (Wildman–Crippen MR) is 118 cm³/mol. The molecule has 0 bridgehead atoms. The SMILES string of the molecule is COc1ccc(Oc2ccc(-c3ccc(Oc4ccc(OC)cc4)cc3)cc2)cc1. The van der Waals surface area contributed by atoms with Crippen LogP contribution in [0.3, 0.4) is 0 Å². The van der Waals surface area contributed by atoms with Crippen molar-refractivity contribution in [2.75, 3.05) is 14.2 Å². The topological polar surface area (TPSA) is 36.9 Å². The van der Waals surface area contributed by atoms with Crippen LogP contribution in [0.5, 0.6) is 34.5 Å². The monoisotopic (exact) mass is 398 g/mol. The highest BCUT2D eigenvalue weighted by Crippen LogP contribution is 2.29. The minimum atomic E-state index is 0.767. The van der Waals surface area contributed by atoms with E-state index < -0.39 is 0 Å². The van der Waals surface area contributed by atoms with Crippen LogP contribution in [-0.4, -0.2) is 14.2 Å². The fourth-order valence-corrected chi connectivity index (χ4v) is 2.99. The van der Waals surface area contributed by atoms with E-state index in [1.54, 1.807) is 14.2 Å². The molecule has 0 fully saturated rings. The van der Waals surface area contributed by atoms with E-state index in [1.807, 2.05) is 97.1 Å². The van der Waals surface area contributed by atoms with Gasteiger partial charge in [0.1, 0.15) is 34.5 Å². The summed E-state index contributed by atoms with van der Waals surface area (Å²) in [6.07, 6.45) is 0. The van der Waals surface area contributed by atoms with E-state index in [1.165, 1.54) is 0 Å². The van der Waals surface area contributed by atoms with Crippen molar-refractivity contribution in [1.82, 2.24) is 0 Å². The van der Waals surface area contributed by atoms with Crippen LogP contribution in [0.1, 0.15) is 0 Å². The van der Waals surface area contributed by atoms with Gasteiger partial charge in [0.05, 0.1) is 14.2 Å². The Morgan fingerprint density at radius 2 is 0.567 bits per heavy atom. The Bertz CT molecular complexity index is 977. The minimum absolute atomic E-state index is 0.767. The molecule has 4 aromatic carbocycles. The van der Waals surface area contributed by atoms with Crippen molar-refractivity contribution in [3.63, 3.8) is 0 Å². The Balaban J connectivity index is 1.40. The fraction of sp³-hybridized carbons (Fsp3) is 0.0769. The average Bonchev–Trinajstić information content (AvgIpc) is 2.81. The highest BCUT2D eigenvalue weighted by atomic mass is 16.5. The molecule has 150 valence electrons. The molecule has 0 amide bonds. The van der Waals surface area contributed by atoms with E-state index >= 15 is 0 Å². The second kappa shape index (κ2) is 9.05. The highest BCUT2D eigenvalue weighted by Gasteiger charge is 2.03. The largest absolute Gasteiger partial charge is 0.497 e. The van der Waals surface area contributed by atoms with E-state index in [2.05, 4.69) is 0 Å². The first-order chi connectivity index (χ1) is 14.7. The lowest BCUT2D eigenvalue weighted by atomic mass is 10.1. The van der Waals surface area contributed by atoms with Gasteiger partial charge in [-0.05, 0) is 83.9 Å². The van der Waals surface area contributed by atoms with Crippen molar-refractivity contribution >= 4 is 0 Å². The zero-order valence-corrected chi connectivity index (χ0v) is 16.9. The first-order valence-electron chi connectivity index (χ1n) is 9.58. The predicted octanol–water partition coefficient (Wildman–Crippen LogP) is 6.96. The normalized spacial score (nSPS) is 10.3. The van der Waals surface area contributed by atoms with Gasteiger partial charge < -0.3 is 18.9 Å². The summed E-state index contributed by atoms with van der Waals surface area (Å²) in [5.74, 6) is 4.70. The maximum atomic E-state index is 5.89. The summed E-state index contributed by atoms with van der Waals surface area (Å²) >= 11 is 0. The maximum Gasteiger partial charge on any atom is 0.127 e. The third kappa shape index (κ3) is 4.73. The van der Waals surface area contributed by atoms with E-state index in [4.69, 9.17) is 18.9 Å². The molecule has 0 aliphatic rings. The second-order valence-corrected chi connectivity index (χ2v) is 6.60. The first kappa shape index (κ1) is 19.4. The van der Waals surface area contributed by atoms with Crippen LogP contribution in [0.25, 0.3) is 11.1 Å². The molecule has 0 spiro atoms. The molecule has 0 saturated heterocycles. The van der Waals surface area contributed by atoms with Crippen LogP contribution in [0.4, 0.5) is 0 Å². The lowest BCUT2D eigenvalue weighted by Crippen LogP contribution is -1.87. The van der Waals surface area contributed by atoms with Gasteiger partial charge in [0.2, 0.25) is 0 Å². The quantitative estimate of drug-likeness (QED) is 0.337. The average molecular weight is 398 g/mol. The zero-order chi connectivity index (χ0) is 20.8. The van der Waals surface area contributed by atoms with Gasteiger partial charge in [0.15, 0.2) is 0 Å². The Morgan fingerprint density at radius 1 is 0.333 bits per heavy atom. The van der Waals surface area contributed by atoms with Gasteiger partial charge in [-0.15, -0.1) is 0 Å². The molecular weight excluding hydrogens is 376 g/mol. The van der Waals surface area contributed by atoms with Crippen molar-refractivity contribution < 1.29 is 18.9 Å². The molecule has 4 nitrogen and oxygen atoms in total. The number of hydrogen-bond acceptors (Lipinski definition) is 4. The molecule has 0 aliphatic carbocycles. The Labute approximate surface area is 176 Å². The molecule has 0 aromatic heterocycles. The molecule has 0 aliphatic heterocycles. The molecular formula is C26H22O4. The van der Waals surface area contributed by atoms with E-state index in [-0.39, 0.29) is 0 Å². The summed E-state index contributed by atoms with van der Waals surface area (Å²) in [5, 5.41) is 0. The van der Waals surface area contributed by atoms with Gasteiger partial charge >= 0.3 is 0 Å². The summed E-state index contributed by atoms with van der Waals surface area (Å²) < 4.78 is 22.1. The van der Waals surface area contributed by atoms with Gasteiger partial charge in [-0.2, -0.15) is 0 Å². The molecule has 0 N–H and O–H groups in total. The van der Waals surface area contributed by atoms with Gasteiger partial charge in [0, 0.05) is 0 Å². The zero-order valence-electron chi connectivity index (χ0n) is 16.9. The van der Waals surface area contributed by atoms with E-state index in [0.717, 1.165) is 45.6 Å². The summed E-state index contributed by atoms with van der Waals surface area (Å²) in [6.45, 7) is 0. The molecule has 0 atom stereocenters. The molecule has 4 heteroatoms. The maximum absolute atomic E-state index is 5.89. The number of hydrogen-bond donors (Lipinski definition) is 0. The molecule has 0 heterocycles. The van der Waals surface area contributed by atoms with E-state index in [0.29, 0.717) is 0 Å². The van der Waals surface area contributed by atoms with Gasteiger partial charge in [0.25, 0.3) is 0 Å². The van der Waals surface area contributed by atoms with Crippen molar-refractivity contribution in [2.45, 2.75) is 0 Å². The van der Waals surface area contributed by atoms with Crippen molar-refractivity contribution in [3.05, 3.63) is 97.1 Å². The Kier molecular flexibility index (Phi) is 5.85. The molecule has 4 aromatic rings.